The molecule has 4 aromatic rings. The van der Waals surface area contributed by atoms with Gasteiger partial charge in [-0.3, -0.25) is 10.8 Å². The predicted molar refractivity (Wildman–Crippen MR) is 122 cm³/mol. The molecule has 0 atom stereocenters. The largest absolute Gasteiger partial charge is 0.299 e. The van der Waals surface area contributed by atoms with Crippen LogP contribution in [0.1, 0.15) is 11.1 Å². The van der Waals surface area contributed by atoms with Crippen molar-refractivity contribution in [3.8, 4) is 22.3 Å². The highest BCUT2D eigenvalue weighted by Crippen LogP contribution is 2.48. The highest BCUT2D eigenvalue weighted by Gasteiger charge is 2.22. The molecule has 3 nitrogen and oxygen atoms in total. The molecule has 4 aromatic carbocycles. The van der Waals surface area contributed by atoms with E-state index >= 15 is 0 Å². The highest BCUT2D eigenvalue weighted by molar-refractivity contribution is 6.53. The lowest BCUT2D eigenvalue weighted by Crippen LogP contribution is -2.18. The third-order valence-electron chi connectivity index (χ3n) is 5.74. The van der Waals surface area contributed by atoms with Gasteiger partial charge in [-0.25, -0.2) is 0 Å². The van der Waals surface area contributed by atoms with Crippen LogP contribution in [0.3, 0.4) is 0 Å². The maximum absolute atomic E-state index is 8.31. The first-order chi connectivity index (χ1) is 14.3. The predicted octanol–water partition coefficient (Wildman–Crippen LogP) is 6.35. The topological polar surface area (TPSA) is 48.2 Å². The van der Waals surface area contributed by atoms with E-state index < -0.39 is 0 Å². The Morgan fingerprint density at radius 1 is 0.621 bits per heavy atom. The van der Waals surface area contributed by atoms with Crippen LogP contribution < -0.4 is 5.43 Å². The van der Waals surface area contributed by atoms with Crippen LogP contribution in [0.2, 0.25) is 0 Å². The molecule has 0 saturated carbocycles. The Morgan fingerprint density at radius 2 is 1.31 bits per heavy atom. The fourth-order valence-corrected chi connectivity index (χ4v) is 4.40. The summed E-state index contributed by atoms with van der Waals surface area (Å²) in [4.78, 5) is 0. The summed E-state index contributed by atoms with van der Waals surface area (Å²) in [6.07, 6.45) is 3.76. The van der Waals surface area contributed by atoms with Crippen LogP contribution in [0.4, 0.5) is 5.69 Å². The Hall–Kier alpha value is -3.98. The summed E-state index contributed by atoms with van der Waals surface area (Å²) in [5, 5.41) is 15.4. The van der Waals surface area contributed by atoms with Gasteiger partial charge in [0.15, 0.2) is 0 Å². The van der Waals surface area contributed by atoms with Gasteiger partial charge in [0, 0.05) is 10.9 Å². The van der Waals surface area contributed by atoms with Gasteiger partial charge in [-0.1, -0.05) is 78.9 Å². The van der Waals surface area contributed by atoms with Crippen molar-refractivity contribution < 1.29 is 0 Å². The Balaban J connectivity index is 1.48. The number of nitrogens with one attached hydrogen (secondary N) is 2. The standard InChI is InChI=1S/C26H17N3/c27-23-14-12-16-6-1-2-7-17(16)26(23)29-28-24-15-13-21-19-9-4-3-8-18(19)20-10-5-11-22(24)25(20)21/h1-15,27-28H/b27-23?,29-26-. The molecule has 0 amide bonds. The molecule has 0 aromatic heterocycles. The van der Waals surface area contributed by atoms with Crippen molar-refractivity contribution in [2.24, 2.45) is 5.10 Å². The molecular weight excluding hydrogens is 354 g/mol. The zero-order valence-corrected chi connectivity index (χ0v) is 15.6. The fraction of sp³-hybridized carbons (Fsp3) is 0. The van der Waals surface area contributed by atoms with E-state index in [1.807, 2.05) is 30.3 Å². The number of nitrogens with zero attached hydrogens (tertiary/aromatic N) is 1. The maximum atomic E-state index is 8.31. The summed E-state index contributed by atoms with van der Waals surface area (Å²) >= 11 is 0. The van der Waals surface area contributed by atoms with Crippen molar-refractivity contribution in [2.45, 2.75) is 0 Å². The van der Waals surface area contributed by atoms with E-state index in [0.717, 1.165) is 22.2 Å². The molecule has 3 heteroatoms. The quantitative estimate of drug-likeness (QED) is 0.349. The van der Waals surface area contributed by atoms with E-state index in [2.05, 4.69) is 65.1 Å². The van der Waals surface area contributed by atoms with Crippen molar-refractivity contribution in [2.75, 3.05) is 5.43 Å². The third kappa shape index (κ3) is 2.31. The average Bonchev–Trinajstić information content (AvgIpc) is 3.10. The second-order valence-electron chi connectivity index (χ2n) is 7.34. The number of hydrogen-bond acceptors (Lipinski definition) is 3. The van der Waals surface area contributed by atoms with E-state index in [1.165, 1.54) is 27.6 Å². The minimum atomic E-state index is 0.412. The molecule has 6 rings (SSSR count). The summed E-state index contributed by atoms with van der Waals surface area (Å²) in [5.74, 6) is 0. The molecule has 136 valence electrons. The molecule has 0 aliphatic heterocycles. The van der Waals surface area contributed by atoms with Crippen molar-refractivity contribution in [3.63, 3.8) is 0 Å². The zero-order chi connectivity index (χ0) is 19.4. The van der Waals surface area contributed by atoms with E-state index in [0.29, 0.717) is 11.4 Å². The Labute approximate surface area is 168 Å². The van der Waals surface area contributed by atoms with Crippen LogP contribution in [0.25, 0.3) is 39.1 Å². The number of rotatable bonds is 2. The van der Waals surface area contributed by atoms with Crippen molar-refractivity contribution in [1.82, 2.24) is 0 Å². The summed E-state index contributed by atoms with van der Waals surface area (Å²) in [5.41, 5.74) is 12.4. The highest BCUT2D eigenvalue weighted by atomic mass is 15.3. The maximum Gasteiger partial charge on any atom is 0.116 e. The first-order valence-electron chi connectivity index (χ1n) is 9.67. The number of hydrogen-bond donors (Lipinski definition) is 2. The Bertz CT molecular complexity index is 1360. The number of anilines is 1. The van der Waals surface area contributed by atoms with E-state index in [4.69, 9.17) is 5.41 Å². The summed E-state index contributed by atoms with van der Waals surface area (Å²) in [6, 6.07) is 27.3. The molecule has 2 aliphatic carbocycles. The summed E-state index contributed by atoms with van der Waals surface area (Å²) < 4.78 is 0. The SMILES string of the molecule is N=C1C=Cc2ccccc2/C1=N/Nc1ccc2c3c(cccc13)-c1ccccc1-2. The van der Waals surface area contributed by atoms with Crippen molar-refractivity contribution in [1.29, 1.82) is 5.41 Å². The first-order valence-corrected chi connectivity index (χ1v) is 9.67. The van der Waals surface area contributed by atoms with Gasteiger partial charge in [0.25, 0.3) is 0 Å². The van der Waals surface area contributed by atoms with Crippen LogP contribution in [0.5, 0.6) is 0 Å². The monoisotopic (exact) mass is 371 g/mol. The first kappa shape index (κ1) is 16.0. The smallest absolute Gasteiger partial charge is 0.116 e. The van der Waals surface area contributed by atoms with E-state index in [1.54, 1.807) is 6.08 Å². The minimum absolute atomic E-state index is 0.412. The zero-order valence-electron chi connectivity index (χ0n) is 15.6. The number of fused-ring (bicyclic) bond motifs is 4. The van der Waals surface area contributed by atoms with Crippen LogP contribution in [-0.2, 0) is 0 Å². The third-order valence-corrected chi connectivity index (χ3v) is 5.74. The second-order valence-corrected chi connectivity index (χ2v) is 7.34. The van der Waals surface area contributed by atoms with Gasteiger partial charge >= 0.3 is 0 Å². The van der Waals surface area contributed by atoms with Gasteiger partial charge in [-0.2, -0.15) is 5.10 Å². The fourth-order valence-electron chi connectivity index (χ4n) is 4.40. The summed E-state index contributed by atoms with van der Waals surface area (Å²) in [7, 11) is 0. The van der Waals surface area contributed by atoms with Gasteiger partial charge in [-0.05, 0) is 45.3 Å². The molecule has 0 heterocycles. The average molecular weight is 371 g/mol. The lowest BCUT2D eigenvalue weighted by atomic mass is 9.94. The minimum Gasteiger partial charge on any atom is -0.299 e. The Kier molecular flexibility index (Phi) is 3.32. The lowest BCUT2D eigenvalue weighted by molar-refractivity contribution is 1.34. The second kappa shape index (κ2) is 6.01. The van der Waals surface area contributed by atoms with Crippen LogP contribution in [0, 0.1) is 5.41 Å². The molecule has 0 spiro atoms. The molecule has 2 N–H and O–H groups in total. The van der Waals surface area contributed by atoms with Gasteiger partial charge < -0.3 is 0 Å². The van der Waals surface area contributed by atoms with Crippen molar-refractivity contribution in [3.05, 3.63) is 96.1 Å². The molecular formula is C26H17N3. The molecule has 0 unspecified atom stereocenters. The summed E-state index contributed by atoms with van der Waals surface area (Å²) in [6.45, 7) is 0. The van der Waals surface area contributed by atoms with Gasteiger partial charge in [0.1, 0.15) is 5.71 Å². The van der Waals surface area contributed by atoms with Gasteiger partial charge in [0.2, 0.25) is 0 Å². The molecule has 0 bridgehead atoms. The number of allylic oxidation sites excluding steroid dienone is 1. The number of benzene rings is 4. The lowest BCUT2D eigenvalue weighted by Gasteiger charge is -2.15. The van der Waals surface area contributed by atoms with Gasteiger partial charge in [0.05, 0.1) is 11.4 Å². The Morgan fingerprint density at radius 3 is 2.14 bits per heavy atom. The van der Waals surface area contributed by atoms with Crippen LogP contribution >= 0.6 is 0 Å². The normalized spacial score (nSPS) is 14.9. The molecule has 0 fully saturated rings. The van der Waals surface area contributed by atoms with E-state index in [9.17, 15) is 0 Å². The molecule has 29 heavy (non-hydrogen) atoms. The molecule has 0 radical (unpaired) electrons. The van der Waals surface area contributed by atoms with Crippen LogP contribution in [0.15, 0.2) is 90.0 Å². The molecule has 0 saturated heterocycles. The van der Waals surface area contributed by atoms with E-state index in [-0.39, 0.29) is 0 Å². The molecule has 2 aliphatic rings. The van der Waals surface area contributed by atoms with Crippen molar-refractivity contribution >= 4 is 34.0 Å². The van der Waals surface area contributed by atoms with Gasteiger partial charge in [-0.15, -0.1) is 0 Å². The van der Waals surface area contributed by atoms with Crippen LogP contribution in [-0.4, -0.2) is 11.4 Å². The number of hydrazone groups is 1.